The highest BCUT2D eigenvalue weighted by Crippen LogP contribution is 2.41. The van der Waals surface area contributed by atoms with Crippen LogP contribution in [0.2, 0.25) is 0 Å². The van der Waals surface area contributed by atoms with Crippen molar-refractivity contribution in [2.45, 2.75) is 72.0 Å². The van der Waals surface area contributed by atoms with E-state index in [1.807, 2.05) is 6.92 Å². The van der Waals surface area contributed by atoms with E-state index in [1.165, 1.54) is 30.5 Å². The second-order valence-electron chi connectivity index (χ2n) is 8.72. The van der Waals surface area contributed by atoms with Crippen molar-refractivity contribution < 1.29 is 18.7 Å². The van der Waals surface area contributed by atoms with Crippen LogP contribution in [0.3, 0.4) is 0 Å². The van der Waals surface area contributed by atoms with Crippen LogP contribution in [0.1, 0.15) is 69.3 Å². The number of halogens is 1. The number of aryl methyl sites for hydroxylation is 1. The van der Waals surface area contributed by atoms with Gasteiger partial charge in [-0.25, -0.2) is 9.18 Å². The van der Waals surface area contributed by atoms with Crippen molar-refractivity contribution >= 4 is 5.97 Å². The molecule has 0 heterocycles. The molecule has 2 bridgehead atoms. The summed E-state index contributed by atoms with van der Waals surface area (Å²) in [6, 6.07) is 2.87. The zero-order valence-electron chi connectivity index (χ0n) is 16.4. The number of carbonyl (C=O) groups is 1. The number of benzene rings is 1. The minimum Gasteiger partial charge on any atom is -0.489 e. The molecule has 2 aliphatic carbocycles. The largest absolute Gasteiger partial charge is 0.489 e. The second kappa shape index (κ2) is 7.05. The van der Waals surface area contributed by atoms with Crippen LogP contribution in [0.25, 0.3) is 0 Å². The van der Waals surface area contributed by atoms with E-state index in [0.29, 0.717) is 17.6 Å². The number of esters is 1. The number of ether oxygens (including phenoxy) is 2. The predicted octanol–water partition coefficient (Wildman–Crippen LogP) is 5.60. The van der Waals surface area contributed by atoms with Crippen molar-refractivity contribution in [3.63, 3.8) is 0 Å². The monoisotopic (exact) mass is 360 g/mol. The third kappa shape index (κ3) is 4.11. The summed E-state index contributed by atoms with van der Waals surface area (Å²) < 4.78 is 26.1. The lowest BCUT2D eigenvalue weighted by atomic mass is 9.73. The van der Waals surface area contributed by atoms with Crippen molar-refractivity contribution in [2.24, 2.45) is 11.8 Å². The Morgan fingerprint density at radius 3 is 2.69 bits per heavy atom. The molecule has 3 rings (SSSR count). The van der Waals surface area contributed by atoms with Crippen molar-refractivity contribution in [1.29, 1.82) is 0 Å². The molecule has 0 aromatic heterocycles. The average molecular weight is 360 g/mol. The SMILES string of the molecule is Cc1cc(C(=O)OC(C)(C)C)c(F)cc1OC1C(C)C=C2CCCC1C2. The fourth-order valence-electron chi connectivity index (χ4n) is 4.09. The molecule has 1 aromatic carbocycles. The summed E-state index contributed by atoms with van der Waals surface area (Å²) in [4.78, 5) is 12.2. The van der Waals surface area contributed by atoms with E-state index in [4.69, 9.17) is 9.47 Å². The molecule has 26 heavy (non-hydrogen) atoms. The zero-order valence-corrected chi connectivity index (χ0v) is 16.4. The highest BCUT2D eigenvalue weighted by Gasteiger charge is 2.35. The second-order valence-corrected chi connectivity index (χ2v) is 8.72. The van der Waals surface area contributed by atoms with Crippen LogP contribution in [-0.2, 0) is 4.74 Å². The zero-order chi connectivity index (χ0) is 19.1. The van der Waals surface area contributed by atoms with Crippen LogP contribution in [0, 0.1) is 24.6 Å². The van der Waals surface area contributed by atoms with E-state index in [0.717, 1.165) is 18.4 Å². The van der Waals surface area contributed by atoms with Gasteiger partial charge in [-0.1, -0.05) is 18.6 Å². The van der Waals surface area contributed by atoms with Gasteiger partial charge in [-0.2, -0.15) is 0 Å². The van der Waals surface area contributed by atoms with Crippen LogP contribution >= 0.6 is 0 Å². The highest BCUT2D eigenvalue weighted by molar-refractivity contribution is 5.90. The smallest absolute Gasteiger partial charge is 0.341 e. The maximum absolute atomic E-state index is 14.6. The average Bonchev–Trinajstić information content (AvgIpc) is 2.52. The molecule has 0 aliphatic heterocycles. The van der Waals surface area contributed by atoms with Crippen molar-refractivity contribution in [3.05, 3.63) is 40.7 Å². The first kappa shape index (κ1) is 18.9. The van der Waals surface area contributed by atoms with Gasteiger partial charge in [0.25, 0.3) is 0 Å². The molecule has 1 aromatic rings. The molecule has 3 nitrogen and oxygen atoms in total. The van der Waals surface area contributed by atoms with Crippen LogP contribution in [0.4, 0.5) is 4.39 Å². The van der Waals surface area contributed by atoms with Gasteiger partial charge in [0.1, 0.15) is 23.3 Å². The van der Waals surface area contributed by atoms with E-state index < -0.39 is 17.4 Å². The Kier molecular flexibility index (Phi) is 5.14. The minimum atomic E-state index is -0.658. The van der Waals surface area contributed by atoms with Crippen LogP contribution in [0.15, 0.2) is 23.8 Å². The van der Waals surface area contributed by atoms with Gasteiger partial charge >= 0.3 is 5.97 Å². The molecule has 0 amide bonds. The Hall–Kier alpha value is -1.84. The summed E-state index contributed by atoms with van der Waals surface area (Å²) in [5.41, 5.74) is 1.60. The van der Waals surface area contributed by atoms with E-state index in [-0.39, 0.29) is 11.7 Å². The summed E-state index contributed by atoms with van der Waals surface area (Å²) in [5.74, 6) is 0.0941. The molecular weight excluding hydrogens is 331 g/mol. The Morgan fingerprint density at radius 2 is 2.00 bits per heavy atom. The Balaban J connectivity index is 1.81. The van der Waals surface area contributed by atoms with Gasteiger partial charge in [0.05, 0.1) is 5.56 Å². The van der Waals surface area contributed by atoms with Crippen molar-refractivity contribution in [2.75, 3.05) is 0 Å². The molecular formula is C22H29FO3. The topological polar surface area (TPSA) is 35.5 Å². The molecule has 2 aliphatic rings. The van der Waals surface area contributed by atoms with Crippen LogP contribution in [-0.4, -0.2) is 17.7 Å². The first-order valence-corrected chi connectivity index (χ1v) is 9.54. The standard InChI is InChI=1S/C22H29FO3/c1-13-10-17(21(24)26-22(3,4)5)18(23)12-19(13)25-20-14(2)9-15-7-6-8-16(20)11-15/h9-10,12,14,16,20H,6-8,11H2,1-5H3. The molecule has 0 radical (unpaired) electrons. The number of allylic oxidation sites excluding steroid dienone is 1. The first-order valence-electron chi connectivity index (χ1n) is 9.54. The molecule has 0 N–H and O–H groups in total. The first-order chi connectivity index (χ1) is 12.1. The molecule has 0 saturated heterocycles. The number of hydrogen-bond donors (Lipinski definition) is 0. The summed E-state index contributed by atoms with van der Waals surface area (Å²) in [5, 5.41) is 0. The molecule has 1 fully saturated rings. The fraction of sp³-hybridized carbons (Fsp3) is 0.591. The predicted molar refractivity (Wildman–Crippen MR) is 99.9 cm³/mol. The number of carbonyl (C=O) groups excluding carboxylic acids is 1. The van der Waals surface area contributed by atoms with E-state index in [2.05, 4.69) is 13.0 Å². The van der Waals surface area contributed by atoms with Gasteiger partial charge in [0, 0.05) is 17.9 Å². The van der Waals surface area contributed by atoms with Gasteiger partial charge in [0.2, 0.25) is 0 Å². The molecule has 3 atom stereocenters. The minimum absolute atomic E-state index is 0.0404. The van der Waals surface area contributed by atoms with E-state index in [1.54, 1.807) is 20.8 Å². The third-order valence-electron chi connectivity index (χ3n) is 5.23. The van der Waals surface area contributed by atoms with Crippen molar-refractivity contribution in [3.8, 4) is 5.75 Å². The fourth-order valence-corrected chi connectivity index (χ4v) is 4.09. The van der Waals surface area contributed by atoms with Gasteiger partial charge in [-0.3, -0.25) is 0 Å². The molecule has 3 unspecified atom stereocenters. The normalized spacial score (nSPS) is 25.5. The van der Waals surface area contributed by atoms with Gasteiger partial charge in [-0.05, 0) is 65.0 Å². The highest BCUT2D eigenvalue weighted by atomic mass is 19.1. The number of fused-ring (bicyclic) bond motifs is 2. The maximum atomic E-state index is 14.6. The van der Waals surface area contributed by atoms with Gasteiger partial charge < -0.3 is 9.47 Å². The summed E-state index contributed by atoms with van der Waals surface area (Å²) in [6.45, 7) is 9.32. The van der Waals surface area contributed by atoms with E-state index >= 15 is 0 Å². The van der Waals surface area contributed by atoms with Gasteiger partial charge in [0.15, 0.2) is 0 Å². The Labute approximate surface area is 155 Å². The van der Waals surface area contributed by atoms with Crippen molar-refractivity contribution in [1.82, 2.24) is 0 Å². The number of rotatable bonds is 3. The lowest BCUT2D eigenvalue weighted by Gasteiger charge is -2.39. The molecule has 0 spiro atoms. The van der Waals surface area contributed by atoms with Crippen LogP contribution in [0.5, 0.6) is 5.75 Å². The summed E-state index contributed by atoms with van der Waals surface area (Å²) in [6.07, 6.45) is 7.03. The number of hydrogen-bond acceptors (Lipinski definition) is 3. The lowest BCUT2D eigenvalue weighted by molar-refractivity contribution is 0.00643. The van der Waals surface area contributed by atoms with Crippen LogP contribution < -0.4 is 4.74 Å². The Morgan fingerprint density at radius 1 is 1.27 bits per heavy atom. The van der Waals surface area contributed by atoms with Gasteiger partial charge in [-0.15, -0.1) is 0 Å². The van der Waals surface area contributed by atoms with E-state index in [9.17, 15) is 9.18 Å². The molecule has 1 saturated carbocycles. The molecule has 142 valence electrons. The molecule has 4 heteroatoms. The maximum Gasteiger partial charge on any atom is 0.341 e. The third-order valence-corrected chi connectivity index (χ3v) is 5.23. The summed E-state index contributed by atoms with van der Waals surface area (Å²) >= 11 is 0. The summed E-state index contributed by atoms with van der Waals surface area (Å²) in [7, 11) is 0. The Bertz CT molecular complexity index is 730. The quantitative estimate of drug-likeness (QED) is 0.520. The lowest BCUT2D eigenvalue weighted by Crippen LogP contribution is -2.38.